The van der Waals surface area contributed by atoms with Gasteiger partial charge in [-0.2, -0.15) is 0 Å². The minimum atomic E-state index is 0.622. The number of hydrogen-bond acceptors (Lipinski definition) is 3. The topological polar surface area (TPSA) is 54.9 Å². The van der Waals surface area contributed by atoms with Crippen molar-refractivity contribution in [3.05, 3.63) is 29.0 Å². The molecule has 0 spiro atoms. The van der Waals surface area contributed by atoms with Crippen LogP contribution in [0, 0.1) is 0 Å². The van der Waals surface area contributed by atoms with Gasteiger partial charge in [0.05, 0.1) is 5.69 Å². The zero-order valence-electron chi connectivity index (χ0n) is 7.07. The Morgan fingerprint density at radius 2 is 1.93 bits per heavy atom. The minimum Gasteiger partial charge on any atom is -0.327 e. The van der Waals surface area contributed by atoms with Crippen LogP contribution >= 0.6 is 15.9 Å². The van der Waals surface area contributed by atoms with E-state index < -0.39 is 0 Å². The van der Waals surface area contributed by atoms with Crippen LogP contribution in [0.15, 0.2) is 29.0 Å². The van der Waals surface area contributed by atoms with Gasteiger partial charge in [0, 0.05) is 16.9 Å². The lowest BCUT2D eigenvalue weighted by Gasteiger charge is -2.03. The molecule has 0 aliphatic heterocycles. The number of nitrogens with zero attached hydrogens (tertiary/aromatic N) is 2. The van der Waals surface area contributed by atoms with Crippen LogP contribution < -0.4 is 5.32 Å². The summed E-state index contributed by atoms with van der Waals surface area (Å²) < 4.78 is 0.858. The number of carbonyl (C=O) groups excluding carboxylic acids is 1. The molecule has 5 heteroatoms. The average Bonchev–Trinajstić information content (AvgIpc) is 2.23. The smallest absolute Gasteiger partial charge is 0.211 e. The fourth-order valence-corrected chi connectivity index (χ4v) is 1.63. The maximum atomic E-state index is 10.3. The molecule has 4 nitrogen and oxygen atoms in total. The predicted molar refractivity (Wildman–Crippen MR) is 56.9 cm³/mol. The van der Waals surface area contributed by atoms with Gasteiger partial charge in [0.25, 0.3) is 0 Å². The van der Waals surface area contributed by atoms with E-state index in [1.54, 1.807) is 18.5 Å². The van der Waals surface area contributed by atoms with Crippen LogP contribution in [0.2, 0.25) is 0 Å². The normalized spacial score (nSPS) is 10.1. The van der Waals surface area contributed by atoms with Crippen molar-refractivity contribution in [1.29, 1.82) is 0 Å². The molecule has 2 aromatic rings. The molecule has 0 bridgehead atoms. The Kier molecular flexibility index (Phi) is 2.41. The summed E-state index contributed by atoms with van der Waals surface area (Å²) in [5, 5.41) is 2.57. The number of fused-ring (bicyclic) bond motifs is 1. The van der Waals surface area contributed by atoms with Crippen molar-refractivity contribution in [2.75, 3.05) is 5.32 Å². The molecule has 1 heterocycles. The van der Waals surface area contributed by atoms with Gasteiger partial charge < -0.3 is 5.32 Å². The molecule has 70 valence electrons. The first-order chi connectivity index (χ1) is 6.83. The third-order valence-electron chi connectivity index (χ3n) is 1.79. The summed E-state index contributed by atoms with van der Waals surface area (Å²) in [6.07, 6.45) is 3.82. The van der Waals surface area contributed by atoms with E-state index in [0.717, 1.165) is 9.99 Å². The van der Waals surface area contributed by atoms with Gasteiger partial charge in [-0.1, -0.05) is 0 Å². The standard InChI is InChI=1S/C9H6BrN3O/c10-6-1-2-7(13-5-14)9-8(6)11-3-4-12-9/h1-5H,(H,13,14). The van der Waals surface area contributed by atoms with Gasteiger partial charge in [0.2, 0.25) is 6.41 Å². The molecule has 1 N–H and O–H groups in total. The zero-order valence-corrected chi connectivity index (χ0v) is 8.65. The first-order valence-electron chi connectivity index (χ1n) is 3.92. The highest BCUT2D eigenvalue weighted by atomic mass is 79.9. The van der Waals surface area contributed by atoms with E-state index in [9.17, 15) is 4.79 Å². The monoisotopic (exact) mass is 251 g/mol. The Balaban J connectivity index is 2.74. The van der Waals surface area contributed by atoms with Crippen LogP contribution in [0.5, 0.6) is 0 Å². The number of nitrogens with one attached hydrogen (secondary N) is 1. The summed E-state index contributed by atoms with van der Waals surface area (Å²) in [5.41, 5.74) is 2.07. The number of benzene rings is 1. The Labute approximate surface area is 88.5 Å². The summed E-state index contributed by atoms with van der Waals surface area (Å²) in [4.78, 5) is 18.6. The van der Waals surface area contributed by atoms with Gasteiger partial charge in [0.1, 0.15) is 11.0 Å². The average molecular weight is 252 g/mol. The molecule has 1 amide bonds. The molecule has 0 saturated heterocycles. The number of carbonyl (C=O) groups is 1. The number of amides is 1. The van der Waals surface area contributed by atoms with Gasteiger partial charge >= 0.3 is 0 Å². The van der Waals surface area contributed by atoms with Gasteiger partial charge in [0.15, 0.2) is 0 Å². The molecule has 1 aromatic heterocycles. The molecule has 0 atom stereocenters. The minimum absolute atomic E-state index is 0.622. The second-order valence-electron chi connectivity index (χ2n) is 2.61. The predicted octanol–water partition coefficient (Wildman–Crippen LogP) is 1.96. The molecule has 14 heavy (non-hydrogen) atoms. The maximum Gasteiger partial charge on any atom is 0.211 e. The van der Waals surface area contributed by atoms with E-state index >= 15 is 0 Å². The van der Waals surface area contributed by atoms with E-state index in [1.807, 2.05) is 6.07 Å². The van der Waals surface area contributed by atoms with E-state index in [-0.39, 0.29) is 0 Å². The maximum absolute atomic E-state index is 10.3. The van der Waals surface area contributed by atoms with Crippen LogP contribution in [0.1, 0.15) is 0 Å². The van der Waals surface area contributed by atoms with Crippen molar-refractivity contribution < 1.29 is 4.79 Å². The molecule has 0 saturated carbocycles. The van der Waals surface area contributed by atoms with E-state index in [0.29, 0.717) is 17.6 Å². The Hall–Kier alpha value is -1.49. The van der Waals surface area contributed by atoms with Crippen molar-refractivity contribution in [3.63, 3.8) is 0 Å². The van der Waals surface area contributed by atoms with Crippen LogP contribution in [0.3, 0.4) is 0 Å². The lowest BCUT2D eigenvalue weighted by molar-refractivity contribution is -0.105. The SMILES string of the molecule is O=CNc1ccc(Br)c2nccnc12. The molecule has 0 radical (unpaired) electrons. The highest BCUT2D eigenvalue weighted by Crippen LogP contribution is 2.25. The van der Waals surface area contributed by atoms with Gasteiger partial charge in [-0.15, -0.1) is 0 Å². The van der Waals surface area contributed by atoms with Crippen LogP contribution in [-0.2, 0) is 4.79 Å². The first-order valence-corrected chi connectivity index (χ1v) is 4.71. The van der Waals surface area contributed by atoms with Crippen molar-refractivity contribution in [2.24, 2.45) is 0 Å². The lowest BCUT2D eigenvalue weighted by atomic mass is 10.2. The number of hydrogen-bond donors (Lipinski definition) is 1. The summed E-state index contributed by atoms with van der Waals surface area (Å²) in [6.45, 7) is 0. The van der Waals surface area contributed by atoms with Crippen LogP contribution in [0.4, 0.5) is 5.69 Å². The molecular formula is C9H6BrN3O. The van der Waals surface area contributed by atoms with Crippen molar-refractivity contribution >= 4 is 39.1 Å². The number of rotatable bonds is 2. The van der Waals surface area contributed by atoms with E-state index in [2.05, 4.69) is 31.2 Å². The number of halogens is 1. The Bertz CT molecular complexity index is 486. The molecule has 0 aliphatic rings. The fraction of sp³-hybridized carbons (Fsp3) is 0. The molecule has 2 rings (SSSR count). The van der Waals surface area contributed by atoms with Crippen molar-refractivity contribution in [3.8, 4) is 0 Å². The molecule has 0 fully saturated rings. The number of aromatic nitrogens is 2. The third kappa shape index (κ3) is 1.46. The Morgan fingerprint density at radius 3 is 2.64 bits per heavy atom. The highest BCUT2D eigenvalue weighted by Gasteiger charge is 2.05. The van der Waals surface area contributed by atoms with Gasteiger partial charge in [-0.3, -0.25) is 14.8 Å². The summed E-state index contributed by atoms with van der Waals surface area (Å²) in [6, 6.07) is 3.60. The second-order valence-corrected chi connectivity index (χ2v) is 3.47. The van der Waals surface area contributed by atoms with Crippen molar-refractivity contribution in [1.82, 2.24) is 9.97 Å². The lowest BCUT2D eigenvalue weighted by Crippen LogP contribution is -1.96. The molecule has 0 unspecified atom stereocenters. The van der Waals surface area contributed by atoms with Gasteiger partial charge in [-0.25, -0.2) is 0 Å². The molecular weight excluding hydrogens is 246 g/mol. The highest BCUT2D eigenvalue weighted by molar-refractivity contribution is 9.10. The number of anilines is 1. The molecule has 1 aromatic carbocycles. The third-order valence-corrected chi connectivity index (χ3v) is 2.43. The van der Waals surface area contributed by atoms with Crippen LogP contribution in [0.25, 0.3) is 11.0 Å². The zero-order chi connectivity index (χ0) is 9.97. The largest absolute Gasteiger partial charge is 0.327 e. The first kappa shape index (κ1) is 9.08. The fourth-order valence-electron chi connectivity index (χ4n) is 1.20. The quantitative estimate of drug-likeness (QED) is 0.831. The summed E-state index contributed by atoms with van der Waals surface area (Å²) in [5.74, 6) is 0. The summed E-state index contributed by atoms with van der Waals surface area (Å²) >= 11 is 3.36. The Morgan fingerprint density at radius 1 is 1.21 bits per heavy atom. The van der Waals surface area contributed by atoms with Crippen molar-refractivity contribution in [2.45, 2.75) is 0 Å². The summed E-state index contributed by atoms with van der Waals surface area (Å²) in [7, 11) is 0. The molecule has 0 aliphatic carbocycles. The van der Waals surface area contributed by atoms with Gasteiger partial charge in [-0.05, 0) is 28.1 Å². The van der Waals surface area contributed by atoms with E-state index in [4.69, 9.17) is 0 Å². The van der Waals surface area contributed by atoms with E-state index in [1.165, 1.54) is 0 Å². The second kappa shape index (κ2) is 3.71. The van der Waals surface area contributed by atoms with Crippen LogP contribution in [-0.4, -0.2) is 16.4 Å².